The van der Waals surface area contributed by atoms with Crippen LogP contribution in [0.15, 0.2) is 60.7 Å². The first-order valence-electron chi connectivity index (χ1n) is 6.49. The minimum atomic E-state index is -1.10. The summed E-state index contributed by atoms with van der Waals surface area (Å²) in [6.45, 7) is 7.56. The topological polar surface area (TPSA) is 0 Å². The van der Waals surface area contributed by atoms with Crippen LogP contribution in [0, 0.1) is 0 Å². The molecule has 2 rings (SSSR count). The van der Waals surface area contributed by atoms with Gasteiger partial charge >= 0.3 is 131 Å². The van der Waals surface area contributed by atoms with Gasteiger partial charge in [-0.25, -0.2) is 0 Å². The zero-order chi connectivity index (χ0) is 13.7. The summed E-state index contributed by atoms with van der Waals surface area (Å²) >= 11 is 1.23. The average Bonchev–Trinajstić information content (AvgIpc) is 2.39. The van der Waals surface area contributed by atoms with Crippen molar-refractivity contribution in [3.05, 3.63) is 60.7 Å². The molecule has 2 aromatic rings. The van der Waals surface area contributed by atoms with E-state index in [-0.39, 0.29) is 0 Å². The molecular formula is C16H20Se2Si. The predicted molar refractivity (Wildman–Crippen MR) is 90.8 cm³/mol. The third-order valence-electron chi connectivity index (χ3n) is 2.68. The number of rotatable bonds is 5. The van der Waals surface area contributed by atoms with Gasteiger partial charge in [0.1, 0.15) is 0 Å². The minimum absolute atomic E-state index is 0.613. The van der Waals surface area contributed by atoms with Gasteiger partial charge in [0.25, 0.3) is 0 Å². The van der Waals surface area contributed by atoms with E-state index in [4.69, 9.17) is 0 Å². The summed E-state index contributed by atoms with van der Waals surface area (Å²) in [4.78, 5) is 0. The summed E-state index contributed by atoms with van der Waals surface area (Å²) in [7, 11) is -1.10. The monoisotopic (exact) mass is 400 g/mol. The van der Waals surface area contributed by atoms with Gasteiger partial charge in [-0.3, -0.25) is 0 Å². The Morgan fingerprint density at radius 3 is 1.37 bits per heavy atom. The van der Waals surface area contributed by atoms with Crippen molar-refractivity contribution in [1.82, 2.24) is 0 Å². The standard InChI is InChI=1S/C16H20Se2Si/c1-19(2,3)16(17-14-10-6-4-7-11-14)18-15-12-8-5-9-13-15/h4-13,16H,1-3H3. The molecule has 0 saturated heterocycles. The quantitative estimate of drug-likeness (QED) is 0.680. The molecule has 0 bridgehead atoms. The molecule has 0 aromatic heterocycles. The first-order chi connectivity index (χ1) is 9.05. The van der Waals surface area contributed by atoms with E-state index < -0.39 is 8.07 Å². The van der Waals surface area contributed by atoms with Crippen molar-refractivity contribution in [1.29, 1.82) is 0 Å². The van der Waals surface area contributed by atoms with Crippen LogP contribution in [-0.4, -0.2) is 38.0 Å². The molecule has 19 heavy (non-hydrogen) atoms. The van der Waals surface area contributed by atoms with Crippen LogP contribution in [0.1, 0.15) is 0 Å². The molecule has 3 heteroatoms. The zero-order valence-corrected chi connectivity index (χ0v) is 16.1. The fourth-order valence-electron chi connectivity index (χ4n) is 1.62. The summed E-state index contributed by atoms with van der Waals surface area (Å²) in [5.74, 6) is 0. The van der Waals surface area contributed by atoms with E-state index in [2.05, 4.69) is 80.3 Å². The Morgan fingerprint density at radius 2 is 1.05 bits per heavy atom. The van der Waals surface area contributed by atoms with E-state index in [9.17, 15) is 0 Å². The van der Waals surface area contributed by atoms with Gasteiger partial charge in [0.2, 0.25) is 0 Å². The second-order valence-electron chi connectivity index (χ2n) is 5.56. The van der Waals surface area contributed by atoms with Gasteiger partial charge in [0.05, 0.1) is 0 Å². The summed E-state index contributed by atoms with van der Waals surface area (Å²) in [6.07, 6.45) is 0. The van der Waals surface area contributed by atoms with Crippen molar-refractivity contribution < 1.29 is 0 Å². The van der Waals surface area contributed by atoms with Gasteiger partial charge in [0, 0.05) is 0 Å². The summed E-state index contributed by atoms with van der Waals surface area (Å²) in [5, 5.41) is 0. The van der Waals surface area contributed by atoms with E-state index in [0.717, 1.165) is 3.34 Å². The Labute approximate surface area is 130 Å². The van der Waals surface area contributed by atoms with Crippen LogP contribution in [0.3, 0.4) is 0 Å². The van der Waals surface area contributed by atoms with Gasteiger partial charge in [-0.05, 0) is 0 Å². The van der Waals surface area contributed by atoms with Crippen LogP contribution < -0.4 is 8.92 Å². The molecule has 0 amide bonds. The molecule has 0 radical (unpaired) electrons. The average molecular weight is 398 g/mol. The molecule has 0 nitrogen and oxygen atoms in total. The van der Waals surface area contributed by atoms with Gasteiger partial charge in [-0.1, -0.05) is 0 Å². The van der Waals surface area contributed by atoms with Crippen LogP contribution in [0.25, 0.3) is 0 Å². The van der Waals surface area contributed by atoms with Crippen molar-refractivity contribution in [2.75, 3.05) is 0 Å². The molecule has 0 atom stereocenters. The number of benzene rings is 2. The van der Waals surface area contributed by atoms with Crippen LogP contribution in [-0.2, 0) is 0 Å². The molecule has 0 saturated carbocycles. The van der Waals surface area contributed by atoms with E-state index in [0.29, 0.717) is 29.9 Å². The van der Waals surface area contributed by atoms with Crippen molar-refractivity contribution in [2.45, 2.75) is 23.0 Å². The predicted octanol–water partition coefficient (Wildman–Crippen LogP) is 2.67. The Hall–Kier alpha value is -0.304. The molecule has 2 aromatic carbocycles. The molecule has 100 valence electrons. The third kappa shape index (κ3) is 4.94. The molecule has 0 fully saturated rings. The van der Waals surface area contributed by atoms with Crippen molar-refractivity contribution in [3.63, 3.8) is 0 Å². The van der Waals surface area contributed by atoms with Gasteiger partial charge in [0.15, 0.2) is 0 Å². The van der Waals surface area contributed by atoms with Gasteiger partial charge in [-0.2, -0.15) is 0 Å². The van der Waals surface area contributed by atoms with Gasteiger partial charge < -0.3 is 0 Å². The number of hydrogen-bond donors (Lipinski definition) is 0. The van der Waals surface area contributed by atoms with E-state index in [1.807, 2.05) is 0 Å². The van der Waals surface area contributed by atoms with E-state index in [1.54, 1.807) is 8.92 Å². The second-order valence-corrected chi connectivity index (χ2v) is 19.2. The molecule has 0 unspecified atom stereocenters. The Morgan fingerprint density at radius 1 is 0.684 bits per heavy atom. The Balaban J connectivity index is 2.13. The van der Waals surface area contributed by atoms with Crippen molar-refractivity contribution in [2.24, 2.45) is 0 Å². The summed E-state index contributed by atoms with van der Waals surface area (Å²) < 4.78 is 4.04. The molecule has 0 spiro atoms. The molecule has 0 aliphatic rings. The van der Waals surface area contributed by atoms with Crippen molar-refractivity contribution in [3.8, 4) is 0 Å². The maximum absolute atomic E-state index is 2.52. The van der Waals surface area contributed by atoms with Crippen molar-refractivity contribution >= 4 is 46.9 Å². The van der Waals surface area contributed by atoms with Crippen LogP contribution >= 0.6 is 0 Å². The first-order valence-corrected chi connectivity index (χ1v) is 13.8. The van der Waals surface area contributed by atoms with Crippen LogP contribution in [0.4, 0.5) is 0 Å². The molecule has 0 heterocycles. The van der Waals surface area contributed by atoms with Crippen LogP contribution in [0.5, 0.6) is 0 Å². The second kappa shape index (κ2) is 6.92. The Bertz CT molecular complexity index is 450. The molecular weight excluding hydrogens is 378 g/mol. The zero-order valence-electron chi connectivity index (χ0n) is 11.7. The first kappa shape index (κ1) is 15.1. The normalized spacial score (nSPS) is 11.8. The SMILES string of the molecule is C[Si](C)(C)C([Se]c1ccccc1)[Se]c1ccccc1. The van der Waals surface area contributed by atoms with E-state index in [1.165, 1.54) is 0 Å². The Kier molecular flexibility index (Phi) is 5.50. The molecule has 0 aliphatic carbocycles. The summed E-state index contributed by atoms with van der Waals surface area (Å²) in [6, 6.07) is 22.1. The number of hydrogen-bond acceptors (Lipinski definition) is 0. The third-order valence-corrected chi connectivity index (χ3v) is 19.5. The maximum atomic E-state index is 2.52. The summed E-state index contributed by atoms with van der Waals surface area (Å²) in [5.41, 5.74) is 0. The van der Waals surface area contributed by atoms with Gasteiger partial charge in [-0.15, -0.1) is 0 Å². The fraction of sp³-hybridized carbons (Fsp3) is 0.250. The fourth-order valence-corrected chi connectivity index (χ4v) is 13.6. The molecule has 0 aliphatic heterocycles. The molecule has 0 N–H and O–H groups in total. The van der Waals surface area contributed by atoms with Crippen LogP contribution in [0.2, 0.25) is 23.0 Å². The van der Waals surface area contributed by atoms with E-state index >= 15 is 0 Å².